The predicted molar refractivity (Wildman–Crippen MR) is 252 cm³/mol. The summed E-state index contributed by atoms with van der Waals surface area (Å²) in [7, 11) is 0. The van der Waals surface area contributed by atoms with Gasteiger partial charge in [-0.1, -0.05) is 259 Å². The van der Waals surface area contributed by atoms with Crippen LogP contribution in [0, 0.1) is 5.92 Å². The molecule has 0 aliphatic heterocycles. The maximum absolute atomic E-state index is 12.8. The van der Waals surface area contributed by atoms with Crippen LogP contribution in [0.1, 0.15) is 297 Å². The minimum Gasteiger partial charge on any atom is -0.462 e. The van der Waals surface area contributed by atoms with Crippen LogP contribution in [0.15, 0.2) is 0 Å². The van der Waals surface area contributed by atoms with Gasteiger partial charge in [0.1, 0.15) is 13.2 Å². The SMILES string of the molecule is CCCCCCCCCCCCCCCCC(=O)OC[C@@H](COC(=O)CCCCCCCCCCCCC(C)C)OC(=O)CCCCCCCCCCCCCCCC. The monoisotopic (exact) mass is 835 g/mol. The lowest BCUT2D eigenvalue weighted by Gasteiger charge is -2.18. The second kappa shape index (κ2) is 47.5. The van der Waals surface area contributed by atoms with Gasteiger partial charge in [-0.15, -0.1) is 0 Å². The fourth-order valence-electron chi connectivity index (χ4n) is 8.04. The van der Waals surface area contributed by atoms with Crippen LogP contribution in [-0.2, 0) is 28.6 Å². The molecule has 0 aliphatic carbocycles. The van der Waals surface area contributed by atoms with Crippen LogP contribution in [0.2, 0.25) is 0 Å². The molecule has 59 heavy (non-hydrogen) atoms. The van der Waals surface area contributed by atoms with Gasteiger partial charge in [0.25, 0.3) is 0 Å². The Bertz CT molecular complexity index is 887. The molecule has 0 aromatic heterocycles. The molecule has 0 rings (SSSR count). The molecular weight excluding hydrogens is 733 g/mol. The Morgan fingerprint density at radius 2 is 0.559 bits per heavy atom. The average molecular weight is 835 g/mol. The van der Waals surface area contributed by atoms with Gasteiger partial charge in [-0.25, -0.2) is 0 Å². The molecule has 350 valence electrons. The molecule has 0 aromatic carbocycles. The third-order valence-corrected chi connectivity index (χ3v) is 12.0. The van der Waals surface area contributed by atoms with Crippen LogP contribution in [0.25, 0.3) is 0 Å². The van der Waals surface area contributed by atoms with E-state index in [1.54, 1.807) is 0 Å². The van der Waals surface area contributed by atoms with Crippen LogP contribution in [-0.4, -0.2) is 37.2 Å². The van der Waals surface area contributed by atoms with E-state index in [2.05, 4.69) is 27.7 Å². The van der Waals surface area contributed by atoms with Crippen molar-refractivity contribution in [3.8, 4) is 0 Å². The lowest BCUT2D eigenvalue weighted by atomic mass is 10.0. The Kier molecular flexibility index (Phi) is 46.2. The normalized spacial score (nSPS) is 11.9. The molecule has 1 atom stereocenters. The molecular formula is C53H102O6. The van der Waals surface area contributed by atoms with Crippen molar-refractivity contribution in [3.05, 3.63) is 0 Å². The quantitative estimate of drug-likeness (QED) is 0.0345. The van der Waals surface area contributed by atoms with E-state index >= 15 is 0 Å². The zero-order valence-electron chi connectivity index (χ0n) is 40.2. The van der Waals surface area contributed by atoms with Crippen molar-refractivity contribution < 1.29 is 28.6 Å². The second-order valence-corrected chi connectivity index (χ2v) is 18.6. The van der Waals surface area contributed by atoms with E-state index in [0.29, 0.717) is 19.3 Å². The number of hydrogen-bond donors (Lipinski definition) is 0. The minimum atomic E-state index is -0.760. The Morgan fingerprint density at radius 1 is 0.322 bits per heavy atom. The highest BCUT2D eigenvalue weighted by atomic mass is 16.6. The van der Waals surface area contributed by atoms with Crippen LogP contribution >= 0.6 is 0 Å². The second-order valence-electron chi connectivity index (χ2n) is 18.6. The van der Waals surface area contributed by atoms with Gasteiger partial charge in [0.2, 0.25) is 0 Å². The number of carbonyl (C=O) groups excluding carboxylic acids is 3. The molecule has 0 spiro atoms. The molecule has 0 bridgehead atoms. The van der Waals surface area contributed by atoms with Crippen molar-refractivity contribution in [2.75, 3.05) is 13.2 Å². The van der Waals surface area contributed by atoms with Crippen molar-refractivity contribution in [2.45, 2.75) is 303 Å². The summed E-state index contributed by atoms with van der Waals surface area (Å²) in [6, 6.07) is 0. The topological polar surface area (TPSA) is 78.9 Å². The Hall–Kier alpha value is -1.59. The molecule has 0 saturated carbocycles. The number of ether oxygens (including phenoxy) is 3. The predicted octanol–water partition coefficient (Wildman–Crippen LogP) is 17.1. The van der Waals surface area contributed by atoms with Gasteiger partial charge in [-0.05, 0) is 25.2 Å². The number of carbonyl (C=O) groups is 3. The van der Waals surface area contributed by atoms with Gasteiger partial charge in [-0.3, -0.25) is 14.4 Å². The molecule has 0 aromatic rings. The molecule has 0 heterocycles. The summed E-state index contributed by atoms with van der Waals surface area (Å²) in [5, 5.41) is 0. The van der Waals surface area contributed by atoms with Crippen molar-refractivity contribution in [1.29, 1.82) is 0 Å². The van der Waals surface area contributed by atoms with Gasteiger partial charge in [-0.2, -0.15) is 0 Å². The molecule has 0 N–H and O–H groups in total. The van der Waals surface area contributed by atoms with Crippen molar-refractivity contribution >= 4 is 17.9 Å². The van der Waals surface area contributed by atoms with Crippen molar-refractivity contribution in [3.63, 3.8) is 0 Å². The summed E-state index contributed by atoms with van der Waals surface area (Å²) in [6.07, 6.45) is 49.4. The first-order valence-corrected chi connectivity index (χ1v) is 26.4. The van der Waals surface area contributed by atoms with Crippen LogP contribution < -0.4 is 0 Å². The smallest absolute Gasteiger partial charge is 0.306 e. The zero-order valence-corrected chi connectivity index (χ0v) is 40.2. The summed E-state index contributed by atoms with van der Waals surface area (Å²) in [4.78, 5) is 38.0. The van der Waals surface area contributed by atoms with Crippen LogP contribution in [0.3, 0.4) is 0 Å². The van der Waals surface area contributed by atoms with Gasteiger partial charge >= 0.3 is 17.9 Å². The van der Waals surface area contributed by atoms with Crippen LogP contribution in [0.4, 0.5) is 0 Å². The van der Waals surface area contributed by atoms with E-state index < -0.39 is 6.10 Å². The molecule has 0 saturated heterocycles. The number of hydrogen-bond acceptors (Lipinski definition) is 6. The Balaban J connectivity index is 4.31. The zero-order chi connectivity index (χ0) is 43.1. The third-order valence-electron chi connectivity index (χ3n) is 12.0. The van der Waals surface area contributed by atoms with E-state index in [9.17, 15) is 14.4 Å². The van der Waals surface area contributed by atoms with Gasteiger partial charge < -0.3 is 14.2 Å². The Morgan fingerprint density at radius 3 is 0.831 bits per heavy atom. The molecule has 0 fully saturated rings. The highest BCUT2D eigenvalue weighted by Gasteiger charge is 2.19. The lowest BCUT2D eigenvalue weighted by Crippen LogP contribution is -2.30. The first kappa shape index (κ1) is 57.4. The summed E-state index contributed by atoms with van der Waals surface area (Å²) in [5.74, 6) is -0.0240. The maximum Gasteiger partial charge on any atom is 0.306 e. The number of esters is 3. The van der Waals surface area contributed by atoms with E-state index in [1.165, 1.54) is 193 Å². The standard InChI is InChI=1S/C53H102O6/c1-5-7-9-11-13-15-17-19-21-23-28-32-36-40-44-51(54)57-47-50(48-58-52(55)45-41-37-33-29-26-25-27-31-35-39-43-49(3)4)59-53(56)46-42-38-34-30-24-22-20-18-16-14-12-10-8-6-2/h49-50H,5-48H2,1-4H3/t50-/m0/s1. The van der Waals surface area contributed by atoms with Gasteiger partial charge in [0.15, 0.2) is 6.10 Å². The van der Waals surface area contributed by atoms with Gasteiger partial charge in [0, 0.05) is 19.3 Å². The lowest BCUT2D eigenvalue weighted by molar-refractivity contribution is -0.167. The molecule has 0 amide bonds. The molecule has 6 heteroatoms. The first-order chi connectivity index (χ1) is 28.9. The summed E-state index contributed by atoms with van der Waals surface area (Å²) in [6.45, 7) is 9.02. The van der Waals surface area contributed by atoms with Crippen molar-refractivity contribution in [2.24, 2.45) is 5.92 Å². The van der Waals surface area contributed by atoms with E-state index in [4.69, 9.17) is 14.2 Å². The summed E-state index contributed by atoms with van der Waals surface area (Å²) >= 11 is 0. The fourth-order valence-corrected chi connectivity index (χ4v) is 8.04. The highest BCUT2D eigenvalue weighted by molar-refractivity contribution is 5.71. The fraction of sp³-hybridized carbons (Fsp3) is 0.943. The number of unbranched alkanes of at least 4 members (excludes halogenated alkanes) is 35. The maximum atomic E-state index is 12.8. The number of rotatable bonds is 48. The summed E-state index contributed by atoms with van der Waals surface area (Å²) in [5.41, 5.74) is 0. The minimum absolute atomic E-state index is 0.0626. The molecule has 0 unspecified atom stereocenters. The summed E-state index contributed by atoms with van der Waals surface area (Å²) < 4.78 is 16.8. The van der Waals surface area contributed by atoms with E-state index in [-0.39, 0.29) is 31.1 Å². The molecule has 6 nitrogen and oxygen atoms in total. The largest absolute Gasteiger partial charge is 0.462 e. The first-order valence-electron chi connectivity index (χ1n) is 26.4. The van der Waals surface area contributed by atoms with E-state index in [1.807, 2.05) is 0 Å². The van der Waals surface area contributed by atoms with Crippen LogP contribution in [0.5, 0.6) is 0 Å². The average Bonchev–Trinajstić information content (AvgIpc) is 3.22. The van der Waals surface area contributed by atoms with E-state index in [0.717, 1.165) is 63.7 Å². The molecule has 0 aliphatic rings. The van der Waals surface area contributed by atoms with Crippen molar-refractivity contribution in [1.82, 2.24) is 0 Å². The highest BCUT2D eigenvalue weighted by Crippen LogP contribution is 2.17. The van der Waals surface area contributed by atoms with Gasteiger partial charge in [0.05, 0.1) is 0 Å². The molecule has 0 radical (unpaired) electrons. The Labute approximate surface area is 368 Å². The third kappa shape index (κ3) is 47.3.